The third kappa shape index (κ3) is 5.88. The van der Waals surface area contributed by atoms with Crippen molar-refractivity contribution in [3.8, 4) is 112 Å². The van der Waals surface area contributed by atoms with E-state index in [1.807, 2.05) is 60.7 Å². The second-order valence-electron chi connectivity index (χ2n) is 17.6. The first-order valence-electron chi connectivity index (χ1n) is 24.4. The summed E-state index contributed by atoms with van der Waals surface area (Å²) in [6, 6.07) is 78.4. The molecule has 1 heteroatoms. The van der Waals surface area contributed by atoms with Gasteiger partial charge in [0, 0.05) is 10.9 Å². The van der Waals surface area contributed by atoms with Gasteiger partial charge in [0.25, 0.3) is 0 Å². The maximum Gasteiger partial charge on any atom is 0.135 e. The SMILES string of the molecule is [2H]c1c(-c2ccccc2)c([2H])c(-c2ccc3c4c(cccc24)-c2cc(-c4ccccc4)ccc2O3)c([2H])c1-c1cccc(-c2c3c(c(-c4ccccc4)c4ccccc24)-c2cccc4cccc-3c24)c1. The Morgan fingerprint density at radius 1 is 0.254 bits per heavy atom. The standard InChI is InChI=1S/C66H40O/c1-4-16-41(17-5-1)46-32-34-59-58(40-46)55-29-15-28-52-51(33-35-60(67-59)64(52)55)50-38-48(42-18-6-2-7-19-42)37-49(39-50)45-24-12-25-47(36-45)63-54-27-11-10-26-53(54)62(44-20-8-3-9-21-44)65-56-30-13-22-43-23-14-31-57(61(43)56)66(63)65/h1-40H/i37D,38D,39D. The molecule has 0 N–H and O–H groups in total. The molecule has 0 atom stereocenters. The van der Waals surface area contributed by atoms with Crippen LogP contribution < -0.4 is 4.74 Å². The fourth-order valence-electron chi connectivity index (χ4n) is 10.9. The Bertz CT molecular complexity index is 4160. The Balaban J connectivity index is 1.02. The maximum absolute atomic E-state index is 10.3. The van der Waals surface area contributed by atoms with E-state index in [1.165, 1.54) is 44.2 Å². The largest absolute Gasteiger partial charge is 0.456 e. The van der Waals surface area contributed by atoms with Gasteiger partial charge in [-0.15, -0.1) is 0 Å². The van der Waals surface area contributed by atoms with E-state index in [4.69, 9.17) is 4.74 Å². The molecule has 0 spiro atoms. The van der Waals surface area contributed by atoms with Gasteiger partial charge in [0.2, 0.25) is 0 Å². The number of benzene rings is 12. The highest BCUT2D eigenvalue weighted by Crippen LogP contribution is 2.58. The lowest BCUT2D eigenvalue weighted by molar-refractivity contribution is 0.487. The number of ether oxygens (including phenoxy) is 1. The molecule has 1 nitrogen and oxygen atoms in total. The predicted octanol–water partition coefficient (Wildman–Crippen LogP) is 18.6. The average Bonchev–Trinajstić information content (AvgIpc) is 3.74. The molecule has 0 aromatic heterocycles. The Morgan fingerprint density at radius 3 is 1.45 bits per heavy atom. The number of hydrogen-bond acceptors (Lipinski definition) is 1. The number of fused-ring (bicyclic) bond motifs is 6. The van der Waals surface area contributed by atoms with Gasteiger partial charge in [0.05, 0.1) is 4.11 Å². The molecule has 0 unspecified atom stereocenters. The fourth-order valence-corrected chi connectivity index (χ4v) is 10.9. The zero-order chi connectivity index (χ0) is 46.6. The zero-order valence-corrected chi connectivity index (χ0v) is 36.3. The average molecular weight is 852 g/mol. The second-order valence-corrected chi connectivity index (χ2v) is 17.6. The molecule has 0 fully saturated rings. The summed E-state index contributed by atoms with van der Waals surface area (Å²) in [4.78, 5) is 0. The Labute approximate surface area is 393 Å². The van der Waals surface area contributed by atoms with Crippen molar-refractivity contribution in [2.75, 3.05) is 0 Å². The highest BCUT2D eigenvalue weighted by molar-refractivity contribution is 6.27. The Kier molecular flexibility index (Phi) is 7.69. The van der Waals surface area contributed by atoms with Crippen molar-refractivity contribution in [1.82, 2.24) is 0 Å². The molecule has 310 valence electrons. The topological polar surface area (TPSA) is 9.23 Å². The van der Waals surface area contributed by atoms with Crippen LogP contribution >= 0.6 is 0 Å². The summed E-state index contributed by atoms with van der Waals surface area (Å²) in [5, 5.41) is 6.58. The molecule has 12 aromatic rings. The number of hydrogen-bond donors (Lipinski definition) is 0. The molecular weight excluding hydrogens is 809 g/mol. The van der Waals surface area contributed by atoms with E-state index in [1.54, 1.807) is 0 Å². The Hall–Kier alpha value is -8.78. The Morgan fingerprint density at radius 2 is 0.746 bits per heavy atom. The van der Waals surface area contributed by atoms with Crippen LogP contribution in [0, 0.1) is 0 Å². The van der Waals surface area contributed by atoms with Crippen LogP contribution in [-0.4, -0.2) is 0 Å². The van der Waals surface area contributed by atoms with Gasteiger partial charge < -0.3 is 4.74 Å². The highest BCUT2D eigenvalue weighted by atomic mass is 16.5. The van der Waals surface area contributed by atoms with Crippen LogP contribution in [0.1, 0.15) is 4.11 Å². The molecule has 2 aliphatic rings. The third-order valence-corrected chi connectivity index (χ3v) is 13.8. The predicted molar refractivity (Wildman–Crippen MR) is 282 cm³/mol. The first-order valence-corrected chi connectivity index (χ1v) is 22.9. The van der Waals surface area contributed by atoms with Crippen LogP contribution in [0.25, 0.3) is 132 Å². The molecule has 0 amide bonds. The minimum absolute atomic E-state index is 0.141. The van der Waals surface area contributed by atoms with Gasteiger partial charge in [0.15, 0.2) is 0 Å². The zero-order valence-electron chi connectivity index (χ0n) is 39.3. The molecule has 12 aromatic carbocycles. The van der Waals surface area contributed by atoms with E-state index in [0.29, 0.717) is 16.7 Å². The van der Waals surface area contributed by atoms with Crippen molar-refractivity contribution in [2.24, 2.45) is 0 Å². The summed E-state index contributed by atoms with van der Waals surface area (Å²) >= 11 is 0. The summed E-state index contributed by atoms with van der Waals surface area (Å²) in [7, 11) is 0. The molecule has 0 saturated heterocycles. The molecule has 67 heavy (non-hydrogen) atoms. The van der Waals surface area contributed by atoms with Gasteiger partial charge in [-0.2, -0.15) is 0 Å². The quantitative estimate of drug-likeness (QED) is 0.162. The van der Waals surface area contributed by atoms with E-state index in [0.717, 1.165) is 83.1 Å². The summed E-state index contributed by atoms with van der Waals surface area (Å²) in [5.41, 5.74) is 17.3. The van der Waals surface area contributed by atoms with Crippen molar-refractivity contribution in [3.05, 3.63) is 243 Å². The van der Waals surface area contributed by atoms with Crippen molar-refractivity contribution >= 4 is 32.3 Å². The smallest absolute Gasteiger partial charge is 0.135 e. The van der Waals surface area contributed by atoms with Crippen molar-refractivity contribution in [3.63, 3.8) is 0 Å². The van der Waals surface area contributed by atoms with Crippen LogP contribution in [0.5, 0.6) is 11.5 Å². The first kappa shape index (κ1) is 34.6. The van der Waals surface area contributed by atoms with Gasteiger partial charge in [-0.1, -0.05) is 200 Å². The van der Waals surface area contributed by atoms with Gasteiger partial charge >= 0.3 is 0 Å². The molecule has 1 aliphatic heterocycles. The van der Waals surface area contributed by atoms with Crippen molar-refractivity contribution < 1.29 is 8.85 Å². The maximum atomic E-state index is 10.3. The van der Waals surface area contributed by atoms with Crippen LogP contribution in [-0.2, 0) is 0 Å². The van der Waals surface area contributed by atoms with E-state index < -0.39 is 0 Å². The first-order chi connectivity index (χ1) is 34.5. The summed E-state index contributed by atoms with van der Waals surface area (Å²) in [6.45, 7) is 0. The lowest BCUT2D eigenvalue weighted by Gasteiger charge is -2.23. The summed E-state index contributed by atoms with van der Waals surface area (Å²) in [6.07, 6.45) is 0. The van der Waals surface area contributed by atoms with E-state index in [9.17, 15) is 4.11 Å². The van der Waals surface area contributed by atoms with E-state index in [-0.39, 0.29) is 18.1 Å². The van der Waals surface area contributed by atoms with Gasteiger partial charge in [-0.05, 0) is 164 Å². The molecule has 0 bridgehead atoms. The van der Waals surface area contributed by atoms with Crippen LogP contribution in [0.15, 0.2) is 243 Å². The molecule has 1 aliphatic carbocycles. The third-order valence-electron chi connectivity index (χ3n) is 13.8. The van der Waals surface area contributed by atoms with Gasteiger partial charge in [0.1, 0.15) is 11.5 Å². The molecule has 0 saturated carbocycles. The summed E-state index contributed by atoms with van der Waals surface area (Å²) < 4.78 is 37.0. The molecule has 1 heterocycles. The van der Waals surface area contributed by atoms with Gasteiger partial charge in [-0.3, -0.25) is 0 Å². The van der Waals surface area contributed by atoms with Crippen LogP contribution in [0.4, 0.5) is 0 Å². The molecule has 0 radical (unpaired) electrons. The van der Waals surface area contributed by atoms with Crippen molar-refractivity contribution in [2.45, 2.75) is 0 Å². The molecular formula is C66H40O. The van der Waals surface area contributed by atoms with Crippen LogP contribution in [0.2, 0.25) is 0 Å². The lowest BCUT2D eigenvalue weighted by atomic mass is 9.82. The van der Waals surface area contributed by atoms with Gasteiger partial charge in [-0.25, -0.2) is 0 Å². The highest BCUT2D eigenvalue weighted by Gasteiger charge is 2.31. The normalized spacial score (nSPS) is 12.6. The monoisotopic (exact) mass is 851 g/mol. The van der Waals surface area contributed by atoms with E-state index in [2.05, 4.69) is 164 Å². The lowest BCUT2D eigenvalue weighted by Crippen LogP contribution is -1.98. The fraction of sp³-hybridized carbons (Fsp3) is 0. The number of rotatable bonds is 6. The minimum Gasteiger partial charge on any atom is -0.456 e. The molecule has 14 rings (SSSR count). The minimum atomic E-state index is 0.141. The van der Waals surface area contributed by atoms with E-state index >= 15 is 0 Å². The summed E-state index contributed by atoms with van der Waals surface area (Å²) in [5.74, 6) is 1.52. The van der Waals surface area contributed by atoms with Crippen LogP contribution in [0.3, 0.4) is 0 Å². The second kappa shape index (κ2) is 14.9. The van der Waals surface area contributed by atoms with Crippen molar-refractivity contribution in [1.29, 1.82) is 0 Å².